The lowest BCUT2D eigenvalue weighted by molar-refractivity contribution is 0.580. The molecule has 0 aliphatic carbocycles. The van der Waals surface area contributed by atoms with Gasteiger partial charge in [-0.15, -0.1) is 0 Å². The van der Waals surface area contributed by atoms with E-state index in [1.54, 1.807) is 18.3 Å². The number of hydrogen-bond donors (Lipinski definition) is 1. The van der Waals surface area contributed by atoms with Crippen molar-refractivity contribution in [3.8, 4) is 0 Å². The number of aromatic nitrogens is 2. The van der Waals surface area contributed by atoms with Crippen molar-refractivity contribution in [3.05, 3.63) is 83.2 Å². The number of nitrogens with zero attached hydrogens (tertiary/aromatic N) is 2. The Kier molecular flexibility index (Phi) is 5.01. The molecule has 130 valence electrons. The van der Waals surface area contributed by atoms with Crippen molar-refractivity contribution in [2.24, 2.45) is 0 Å². The van der Waals surface area contributed by atoms with Crippen molar-refractivity contribution in [2.45, 2.75) is 31.8 Å². The Balaban J connectivity index is 1.78. The highest BCUT2D eigenvalue weighted by atomic mass is 32.2. The molecule has 3 rings (SSSR count). The number of aryl methyl sites for hydroxylation is 2. The normalized spacial score (nSPS) is 11.6. The van der Waals surface area contributed by atoms with E-state index in [9.17, 15) is 8.42 Å². The summed E-state index contributed by atoms with van der Waals surface area (Å²) < 4.78 is 29.7. The van der Waals surface area contributed by atoms with Crippen molar-refractivity contribution < 1.29 is 8.42 Å². The Morgan fingerprint density at radius 1 is 1.00 bits per heavy atom. The van der Waals surface area contributed by atoms with Gasteiger partial charge in [-0.05, 0) is 54.3 Å². The summed E-state index contributed by atoms with van der Waals surface area (Å²) in [5, 5.41) is 4.21. The van der Waals surface area contributed by atoms with E-state index in [-0.39, 0.29) is 6.54 Å². The largest absolute Gasteiger partial charge is 0.268 e. The van der Waals surface area contributed by atoms with E-state index in [0.717, 1.165) is 22.3 Å². The number of benzene rings is 2. The van der Waals surface area contributed by atoms with E-state index in [1.807, 2.05) is 61.1 Å². The highest BCUT2D eigenvalue weighted by Gasteiger charge is 2.15. The molecule has 1 N–H and O–H groups in total. The van der Waals surface area contributed by atoms with E-state index in [2.05, 4.69) is 9.82 Å². The lowest BCUT2D eigenvalue weighted by atomic mass is 10.1. The van der Waals surface area contributed by atoms with Gasteiger partial charge in [0.15, 0.2) is 0 Å². The second-order valence-electron chi connectivity index (χ2n) is 6.04. The summed E-state index contributed by atoms with van der Waals surface area (Å²) in [7, 11) is -3.55. The minimum Gasteiger partial charge on any atom is -0.268 e. The van der Waals surface area contributed by atoms with Crippen LogP contribution in [-0.2, 0) is 23.1 Å². The van der Waals surface area contributed by atoms with Crippen LogP contribution in [0.2, 0.25) is 0 Å². The smallest absolute Gasteiger partial charge is 0.240 e. The predicted molar refractivity (Wildman–Crippen MR) is 97.7 cm³/mol. The van der Waals surface area contributed by atoms with Crippen LogP contribution in [0.5, 0.6) is 0 Å². The van der Waals surface area contributed by atoms with Crippen LogP contribution in [0.4, 0.5) is 0 Å². The van der Waals surface area contributed by atoms with Gasteiger partial charge in [0.2, 0.25) is 10.0 Å². The second-order valence-corrected chi connectivity index (χ2v) is 7.81. The Labute approximate surface area is 148 Å². The maximum absolute atomic E-state index is 12.6. The molecule has 1 heterocycles. The Morgan fingerprint density at radius 3 is 2.44 bits per heavy atom. The molecule has 0 saturated heterocycles. The third kappa shape index (κ3) is 4.15. The van der Waals surface area contributed by atoms with Crippen LogP contribution in [0.15, 0.2) is 65.8 Å². The standard InChI is InChI=1S/C19H21N3O2S/c1-15-8-9-19(12-16(15)2)25(23,24)21-13-17-6-3-4-7-18(17)14-22-11-5-10-20-22/h3-12,21H,13-14H2,1-2H3. The van der Waals surface area contributed by atoms with Gasteiger partial charge in [0.1, 0.15) is 0 Å². The number of rotatable bonds is 6. The fourth-order valence-corrected chi connectivity index (χ4v) is 3.68. The highest BCUT2D eigenvalue weighted by Crippen LogP contribution is 2.16. The molecule has 0 unspecified atom stereocenters. The average Bonchev–Trinajstić information content (AvgIpc) is 3.09. The molecule has 0 spiro atoms. The predicted octanol–water partition coefficient (Wildman–Crippen LogP) is 3.03. The molecule has 0 atom stereocenters. The topological polar surface area (TPSA) is 64.0 Å². The van der Waals surface area contributed by atoms with Crippen LogP contribution in [0.1, 0.15) is 22.3 Å². The van der Waals surface area contributed by atoms with Crippen LogP contribution >= 0.6 is 0 Å². The Hall–Kier alpha value is -2.44. The first kappa shape index (κ1) is 17.4. The molecule has 0 saturated carbocycles. The van der Waals surface area contributed by atoms with Gasteiger partial charge in [0.25, 0.3) is 0 Å². The first-order chi connectivity index (χ1) is 12.0. The minimum absolute atomic E-state index is 0.243. The summed E-state index contributed by atoms with van der Waals surface area (Å²) in [4.78, 5) is 0.292. The summed E-state index contributed by atoms with van der Waals surface area (Å²) >= 11 is 0. The van der Waals surface area contributed by atoms with Crippen LogP contribution in [0, 0.1) is 13.8 Å². The lowest BCUT2D eigenvalue weighted by Crippen LogP contribution is -2.24. The van der Waals surface area contributed by atoms with Gasteiger partial charge in [-0.25, -0.2) is 13.1 Å². The number of nitrogens with one attached hydrogen (secondary N) is 1. The van der Waals surface area contributed by atoms with Crippen LogP contribution in [0.3, 0.4) is 0 Å². The molecule has 25 heavy (non-hydrogen) atoms. The van der Waals surface area contributed by atoms with E-state index in [1.165, 1.54) is 0 Å². The van der Waals surface area contributed by atoms with Crippen LogP contribution in [-0.4, -0.2) is 18.2 Å². The van der Waals surface area contributed by atoms with Gasteiger partial charge in [-0.1, -0.05) is 30.3 Å². The van der Waals surface area contributed by atoms with Gasteiger partial charge >= 0.3 is 0 Å². The zero-order valence-corrected chi connectivity index (χ0v) is 15.1. The van der Waals surface area contributed by atoms with Gasteiger partial charge in [0, 0.05) is 18.9 Å². The first-order valence-electron chi connectivity index (χ1n) is 8.07. The molecule has 3 aromatic rings. The van der Waals surface area contributed by atoms with Crippen molar-refractivity contribution in [2.75, 3.05) is 0 Å². The quantitative estimate of drug-likeness (QED) is 0.739. The van der Waals surface area contributed by atoms with E-state index >= 15 is 0 Å². The summed E-state index contributed by atoms with van der Waals surface area (Å²) in [6.45, 7) is 4.72. The molecule has 1 aromatic heterocycles. The molecule has 6 heteroatoms. The fourth-order valence-electron chi connectivity index (χ4n) is 2.59. The first-order valence-corrected chi connectivity index (χ1v) is 9.55. The van der Waals surface area contributed by atoms with Crippen molar-refractivity contribution >= 4 is 10.0 Å². The van der Waals surface area contributed by atoms with Gasteiger partial charge in [0.05, 0.1) is 11.4 Å². The van der Waals surface area contributed by atoms with Gasteiger partial charge < -0.3 is 0 Å². The SMILES string of the molecule is Cc1ccc(S(=O)(=O)NCc2ccccc2Cn2cccn2)cc1C. The summed E-state index contributed by atoms with van der Waals surface area (Å²) in [5.74, 6) is 0. The third-order valence-electron chi connectivity index (χ3n) is 4.25. The average molecular weight is 355 g/mol. The second kappa shape index (κ2) is 7.21. The fraction of sp³-hybridized carbons (Fsp3) is 0.211. The molecule has 0 fully saturated rings. The lowest BCUT2D eigenvalue weighted by Gasteiger charge is -2.12. The van der Waals surface area contributed by atoms with Crippen molar-refractivity contribution in [3.63, 3.8) is 0 Å². The Bertz CT molecular complexity index is 964. The highest BCUT2D eigenvalue weighted by molar-refractivity contribution is 7.89. The molecule has 0 aliphatic rings. The van der Waals surface area contributed by atoms with Crippen molar-refractivity contribution in [1.29, 1.82) is 0 Å². The molecule has 5 nitrogen and oxygen atoms in total. The number of sulfonamides is 1. The van der Waals surface area contributed by atoms with E-state index in [0.29, 0.717) is 11.4 Å². The van der Waals surface area contributed by atoms with Gasteiger partial charge in [-0.2, -0.15) is 5.10 Å². The molecular weight excluding hydrogens is 334 g/mol. The molecule has 2 aromatic carbocycles. The molecular formula is C19H21N3O2S. The minimum atomic E-state index is -3.55. The maximum Gasteiger partial charge on any atom is 0.240 e. The van der Waals surface area contributed by atoms with Gasteiger partial charge in [-0.3, -0.25) is 4.68 Å². The van der Waals surface area contributed by atoms with Crippen LogP contribution < -0.4 is 4.72 Å². The molecule has 0 aliphatic heterocycles. The summed E-state index contributed by atoms with van der Waals surface area (Å²) in [6, 6.07) is 14.8. The maximum atomic E-state index is 12.6. The summed E-state index contributed by atoms with van der Waals surface area (Å²) in [6.07, 6.45) is 3.61. The molecule has 0 amide bonds. The zero-order chi connectivity index (χ0) is 17.9. The third-order valence-corrected chi connectivity index (χ3v) is 5.65. The molecule has 0 bridgehead atoms. The van der Waals surface area contributed by atoms with E-state index in [4.69, 9.17) is 0 Å². The zero-order valence-electron chi connectivity index (χ0n) is 14.3. The number of hydrogen-bond acceptors (Lipinski definition) is 3. The monoisotopic (exact) mass is 355 g/mol. The van der Waals surface area contributed by atoms with Crippen LogP contribution in [0.25, 0.3) is 0 Å². The van der Waals surface area contributed by atoms with E-state index < -0.39 is 10.0 Å². The Morgan fingerprint density at radius 2 is 1.76 bits per heavy atom. The van der Waals surface area contributed by atoms with Crippen molar-refractivity contribution in [1.82, 2.24) is 14.5 Å². The summed E-state index contributed by atoms with van der Waals surface area (Å²) in [5.41, 5.74) is 4.00. The molecule has 0 radical (unpaired) electrons.